The van der Waals surface area contributed by atoms with Gasteiger partial charge in [-0.3, -0.25) is 9.69 Å². The zero-order valence-electron chi connectivity index (χ0n) is 20.6. The molecule has 0 unspecified atom stereocenters. The first-order valence-electron chi connectivity index (χ1n) is 12.3. The van der Waals surface area contributed by atoms with Crippen LogP contribution in [0.4, 0.5) is 5.69 Å². The summed E-state index contributed by atoms with van der Waals surface area (Å²) in [5.41, 5.74) is 4.05. The van der Waals surface area contributed by atoms with Gasteiger partial charge in [-0.1, -0.05) is 66.9 Å². The van der Waals surface area contributed by atoms with Gasteiger partial charge in [-0.2, -0.15) is 0 Å². The summed E-state index contributed by atoms with van der Waals surface area (Å²) < 4.78 is 11.6. The van der Waals surface area contributed by atoms with Crippen LogP contribution in [-0.4, -0.2) is 29.1 Å². The fraction of sp³-hybridized carbons (Fsp3) is 0.267. The van der Waals surface area contributed by atoms with Crippen molar-refractivity contribution in [3.63, 3.8) is 0 Å². The van der Waals surface area contributed by atoms with Gasteiger partial charge in [-0.25, -0.2) is 4.99 Å². The molecule has 5 rings (SSSR count). The third-order valence-corrected chi connectivity index (χ3v) is 7.45. The number of nitrogens with zero attached hydrogens (tertiary/aromatic N) is 2. The first kappa shape index (κ1) is 24.2. The van der Waals surface area contributed by atoms with Gasteiger partial charge in [0.15, 0.2) is 16.7 Å². The Morgan fingerprint density at radius 1 is 1.00 bits per heavy atom. The van der Waals surface area contributed by atoms with Crippen LogP contribution in [0.2, 0.25) is 0 Å². The number of benzene rings is 3. The van der Waals surface area contributed by atoms with E-state index in [2.05, 4.69) is 19.1 Å². The quantitative estimate of drug-likeness (QED) is 0.325. The molecule has 1 saturated carbocycles. The van der Waals surface area contributed by atoms with Crippen molar-refractivity contribution in [2.24, 2.45) is 4.99 Å². The maximum absolute atomic E-state index is 13.5. The molecule has 0 radical (unpaired) electrons. The highest BCUT2D eigenvalue weighted by Gasteiger charge is 2.39. The Kier molecular flexibility index (Phi) is 7.42. The third kappa shape index (κ3) is 5.49. The summed E-state index contributed by atoms with van der Waals surface area (Å²) >= 11 is 1.45. The van der Waals surface area contributed by atoms with Gasteiger partial charge in [-0.15, -0.1) is 0 Å². The van der Waals surface area contributed by atoms with E-state index in [1.165, 1.54) is 17.3 Å². The van der Waals surface area contributed by atoms with Gasteiger partial charge in [-0.05, 0) is 73.0 Å². The second-order valence-corrected chi connectivity index (χ2v) is 10.2. The molecule has 184 valence electrons. The van der Waals surface area contributed by atoms with E-state index < -0.39 is 0 Å². The normalized spacial score (nSPS) is 18.4. The monoisotopic (exact) mass is 498 g/mol. The van der Waals surface area contributed by atoms with Crippen LogP contribution in [0, 0.1) is 6.92 Å². The molecule has 1 aliphatic heterocycles. The zero-order valence-corrected chi connectivity index (χ0v) is 21.5. The van der Waals surface area contributed by atoms with Crippen molar-refractivity contribution < 1.29 is 14.3 Å². The van der Waals surface area contributed by atoms with Gasteiger partial charge >= 0.3 is 0 Å². The molecular weight excluding hydrogens is 468 g/mol. The number of carbonyl (C=O) groups excluding carboxylic acids is 1. The molecular formula is C30H30N2O3S. The van der Waals surface area contributed by atoms with Crippen LogP contribution in [0.15, 0.2) is 82.7 Å². The predicted molar refractivity (Wildman–Crippen MR) is 147 cm³/mol. The number of aryl methyl sites for hydroxylation is 1. The van der Waals surface area contributed by atoms with Crippen molar-refractivity contribution in [1.29, 1.82) is 0 Å². The van der Waals surface area contributed by atoms with Crippen LogP contribution in [0.25, 0.3) is 6.08 Å². The highest BCUT2D eigenvalue weighted by atomic mass is 32.2. The minimum absolute atomic E-state index is 0.0281. The topological polar surface area (TPSA) is 51.1 Å². The molecule has 3 aromatic carbocycles. The lowest BCUT2D eigenvalue weighted by Gasteiger charge is -2.22. The average Bonchev–Trinajstić information content (AvgIpc) is 3.52. The summed E-state index contributed by atoms with van der Waals surface area (Å²) in [6.07, 6.45) is 6.27. The average molecular weight is 499 g/mol. The number of carbonyl (C=O) groups is 1. The smallest absolute Gasteiger partial charge is 0.267 e. The van der Waals surface area contributed by atoms with Crippen molar-refractivity contribution in [3.05, 3.63) is 94.4 Å². The van der Waals surface area contributed by atoms with E-state index >= 15 is 0 Å². The first-order valence-corrected chi connectivity index (χ1v) is 13.2. The van der Waals surface area contributed by atoms with Crippen molar-refractivity contribution in [2.45, 2.75) is 45.3 Å². The Labute approximate surface area is 216 Å². The molecule has 0 bridgehead atoms. The molecule has 36 heavy (non-hydrogen) atoms. The van der Waals surface area contributed by atoms with Crippen LogP contribution in [0.1, 0.15) is 42.4 Å². The van der Waals surface area contributed by atoms with Gasteiger partial charge < -0.3 is 9.47 Å². The van der Waals surface area contributed by atoms with Gasteiger partial charge in [0, 0.05) is 6.04 Å². The first-order chi connectivity index (χ1) is 17.6. The van der Waals surface area contributed by atoms with Gasteiger partial charge in [0.1, 0.15) is 6.61 Å². The predicted octanol–water partition coefficient (Wildman–Crippen LogP) is 7.13. The second kappa shape index (κ2) is 11.0. The summed E-state index contributed by atoms with van der Waals surface area (Å²) in [7, 11) is 1.63. The molecule has 1 amide bonds. The fourth-order valence-corrected chi connectivity index (χ4v) is 5.73. The molecule has 1 aliphatic carbocycles. The number of amides is 1. The van der Waals surface area contributed by atoms with Gasteiger partial charge in [0.05, 0.1) is 17.7 Å². The van der Waals surface area contributed by atoms with Crippen molar-refractivity contribution in [3.8, 4) is 11.5 Å². The molecule has 0 N–H and O–H groups in total. The lowest BCUT2D eigenvalue weighted by Crippen LogP contribution is -2.37. The molecule has 0 atom stereocenters. The Hall–Kier alpha value is -3.51. The van der Waals surface area contributed by atoms with Gasteiger partial charge in [0.25, 0.3) is 5.91 Å². The number of methoxy groups -OCH3 is 1. The van der Waals surface area contributed by atoms with E-state index in [0.717, 1.165) is 47.7 Å². The lowest BCUT2D eigenvalue weighted by atomic mass is 10.1. The summed E-state index contributed by atoms with van der Waals surface area (Å²) in [4.78, 5) is 20.9. The third-order valence-electron chi connectivity index (χ3n) is 6.47. The molecule has 2 fully saturated rings. The molecule has 1 heterocycles. The maximum Gasteiger partial charge on any atom is 0.267 e. The molecule has 5 nitrogen and oxygen atoms in total. The SMILES string of the molecule is COc1cc(C=C2SC(=Nc3ccccc3)N(C3CCCC3)C2=O)ccc1OCc1cccc(C)c1. The number of thioether (sulfide) groups is 1. The summed E-state index contributed by atoms with van der Waals surface area (Å²) in [6, 6.07) is 24.1. The van der Waals surface area contributed by atoms with Gasteiger partial charge in [0.2, 0.25) is 0 Å². The van der Waals surface area contributed by atoms with Crippen LogP contribution in [0.5, 0.6) is 11.5 Å². The summed E-state index contributed by atoms with van der Waals surface area (Å²) in [6.45, 7) is 2.53. The summed E-state index contributed by atoms with van der Waals surface area (Å²) in [5, 5.41) is 0.759. The lowest BCUT2D eigenvalue weighted by molar-refractivity contribution is -0.123. The van der Waals surface area contributed by atoms with Crippen LogP contribution in [0.3, 0.4) is 0 Å². The molecule has 6 heteroatoms. The maximum atomic E-state index is 13.5. The zero-order chi connectivity index (χ0) is 24.9. The molecule has 0 aromatic heterocycles. The molecule has 0 spiro atoms. The van der Waals surface area contributed by atoms with E-state index in [1.54, 1.807) is 7.11 Å². The second-order valence-electron chi connectivity index (χ2n) is 9.14. The largest absolute Gasteiger partial charge is 0.493 e. The van der Waals surface area contributed by atoms with Crippen molar-refractivity contribution >= 4 is 34.6 Å². The van der Waals surface area contributed by atoms with E-state index in [-0.39, 0.29) is 11.9 Å². The van der Waals surface area contributed by atoms with E-state index in [9.17, 15) is 4.79 Å². The number of hydrogen-bond donors (Lipinski definition) is 0. The number of para-hydroxylation sites is 1. The van der Waals surface area contributed by atoms with Crippen molar-refractivity contribution in [1.82, 2.24) is 4.90 Å². The number of aliphatic imine (C=N–C) groups is 1. The number of amidine groups is 1. The molecule has 1 saturated heterocycles. The fourth-order valence-electron chi connectivity index (χ4n) is 4.67. The Balaban J connectivity index is 1.39. The van der Waals surface area contributed by atoms with E-state index in [0.29, 0.717) is 23.0 Å². The van der Waals surface area contributed by atoms with Crippen molar-refractivity contribution in [2.75, 3.05) is 7.11 Å². The Bertz CT molecular complexity index is 1300. The highest BCUT2D eigenvalue weighted by molar-refractivity contribution is 8.18. The number of ether oxygens (including phenoxy) is 2. The Morgan fingerprint density at radius 3 is 2.56 bits per heavy atom. The van der Waals surface area contributed by atoms with Crippen LogP contribution in [-0.2, 0) is 11.4 Å². The molecule has 2 aliphatic rings. The summed E-state index contributed by atoms with van der Waals surface area (Å²) in [5.74, 6) is 1.34. The van der Waals surface area contributed by atoms with Crippen LogP contribution >= 0.6 is 11.8 Å². The van der Waals surface area contributed by atoms with Crippen LogP contribution < -0.4 is 9.47 Å². The number of hydrogen-bond acceptors (Lipinski definition) is 5. The molecule has 3 aromatic rings. The minimum Gasteiger partial charge on any atom is -0.493 e. The van der Waals surface area contributed by atoms with E-state index in [1.807, 2.05) is 71.6 Å². The highest BCUT2D eigenvalue weighted by Crippen LogP contribution is 2.39. The minimum atomic E-state index is 0.0281. The standard InChI is InChI=1S/C30H30N2O3S/c1-21-9-8-10-23(17-21)20-35-26-16-15-22(18-27(26)34-2)19-28-29(33)32(25-13-6-7-14-25)30(36-28)31-24-11-4-3-5-12-24/h3-5,8-12,15-19,25H,6-7,13-14,20H2,1-2H3. The number of rotatable bonds is 7. The Morgan fingerprint density at radius 2 is 1.81 bits per heavy atom. The van der Waals surface area contributed by atoms with E-state index in [4.69, 9.17) is 14.5 Å².